The molecule has 5 atom stereocenters. The van der Waals surface area contributed by atoms with E-state index in [1.807, 2.05) is 32.0 Å². The molecule has 4 amide bonds. The van der Waals surface area contributed by atoms with Gasteiger partial charge in [-0.05, 0) is 44.1 Å². The molecule has 0 unspecified atom stereocenters. The lowest BCUT2D eigenvalue weighted by Crippen LogP contribution is -2.51. The predicted molar refractivity (Wildman–Crippen MR) is 204 cm³/mol. The fourth-order valence-electron chi connectivity index (χ4n) is 6.27. The van der Waals surface area contributed by atoms with E-state index in [2.05, 4.69) is 37.3 Å². The van der Waals surface area contributed by atoms with Crippen LogP contribution in [-0.2, 0) is 50.7 Å². The molecule has 17 nitrogen and oxygen atoms in total. The van der Waals surface area contributed by atoms with Gasteiger partial charge in [-0.2, -0.15) is 0 Å². The van der Waals surface area contributed by atoms with Gasteiger partial charge in [0, 0.05) is 44.6 Å². The second-order valence-electron chi connectivity index (χ2n) is 14.6. The number of aryl methyl sites for hydroxylation is 1. The fourth-order valence-corrected chi connectivity index (χ4v) is 6.85. The SMILES string of the molecule is CC(=O)N(CCCCCCCc1ccccc1)CC(=O)N[C@@H](CC(C)C)C(=O)C[C@@H](Cc1cnc[nH]1)C(=O)N[C@@H](C[O-])C(=O)C[C@H](C(N)=O)[C@@H](C)OP(=O)(O)O. The maximum absolute atomic E-state index is 13.8. The van der Waals surface area contributed by atoms with Crippen molar-refractivity contribution in [3.8, 4) is 0 Å². The van der Waals surface area contributed by atoms with Crippen molar-refractivity contribution in [3.05, 3.63) is 54.1 Å². The molecule has 0 aliphatic carbocycles. The lowest BCUT2D eigenvalue weighted by atomic mass is 9.89. The summed E-state index contributed by atoms with van der Waals surface area (Å²) in [6, 6.07) is 7.56. The van der Waals surface area contributed by atoms with Crippen molar-refractivity contribution in [1.29, 1.82) is 0 Å². The number of nitrogens with zero attached hydrogens (tertiary/aromatic N) is 2. The van der Waals surface area contributed by atoms with Crippen molar-refractivity contribution in [2.75, 3.05) is 19.7 Å². The Hall–Kier alpha value is -4.28. The van der Waals surface area contributed by atoms with Gasteiger partial charge in [-0.15, -0.1) is 6.61 Å². The van der Waals surface area contributed by atoms with E-state index in [0.29, 0.717) is 18.7 Å². The Morgan fingerprint density at radius 2 is 1.59 bits per heavy atom. The van der Waals surface area contributed by atoms with Crippen molar-refractivity contribution < 1.29 is 52.7 Å². The number of benzene rings is 1. The average Bonchev–Trinajstić information content (AvgIpc) is 3.63. The number of nitrogens with one attached hydrogen (secondary N) is 3. The van der Waals surface area contributed by atoms with Gasteiger partial charge in [-0.25, -0.2) is 9.55 Å². The minimum atomic E-state index is -5.06. The quantitative estimate of drug-likeness (QED) is 0.0528. The van der Waals surface area contributed by atoms with Gasteiger partial charge in [0.05, 0.1) is 42.9 Å². The zero-order valence-corrected chi connectivity index (χ0v) is 33.6. The van der Waals surface area contributed by atoms with Crippen LogP contribution in [0.1, 0.15) is 90.3 Å². The highest BCUT2D eigenvalue weighted by Crippen LogP contribution is 2.39. The van der Waals surface area contributed by atoms with E-state index in [4.69, 9.17) is 15.5 Å². The minimum absolute atomic E-state index is 0.0486. The van der Waals surface area contributed by atoms with Gasteiger partial charge in [-0.1, -0.05) is 63.4 Å². The van der Waals surface area contributed by atoms with Crippen LogP contribution >= 0.6 is 7.82 Å². The molecule has 0 aliphatic heterocycles. The van der Waals surface area contributed by atoms with E-state index in [9.17, 15) is 38.4 Å². The highest BCUT2D eigenvalue weighted by atomic mass is 31.2. The Bertz CT molecular complexity index is 1600. The Kier molecular flexibility index (Phi) is 20.8. The number of unbranched alkanes of at least 4 members (excludes halogenated alkanes) is 4. The number of primary amides is 1. The summed E-state index contributed by atoms with van der Waals surface area (Å²) in [5.41, 5.74) is 7.10. The minimum Gasteiger partial charge on any atom is -0.853 e. The van der Waals surface area contributed by atoms with Crippen LogP contribution in [0.15, 0.2) is 42.9 Å². The molecule has 2 aromatic rings. The smallest absolute Gasteiger partial charge is 0.469 e. The average molecular weight is 806 g/mol. The lowest BCUT2D eigenvalue weighted by Gasteiger charge is -2.27. The Balaban J connectivity index is 2.07. The maximum atomic E-state index is 13.8. The highest BCUT2D eigenvalue weighted by Gasteiger charge is 2.35. The third kappa shape index (κ3) is 18.6. The molecule has 0 spiro atoms. The molecule has 312 valence electrons. The topological polar surface area (TPSA) is 274 Å². The molecule has 0 saturated carbocycles. The van der Waals surface area contributed by atoms with Crippen LogP contribution in [0.4, 0.5) is 0 Å². The molecule has 2 rings (SSSR count). The van der Waals surface area contributed by atoms with Crippen LogP contribution < -0.4 is 21.5 Å². The number of ketones is 2. The van der Waals surface area contributed by atoms with Crippen molar-refractivity contribution in [2.24, 2.45) is 23.5 Å². The van der Waals surface area contributed by atoms with Crippen LogP contribution in [0.2, 0.25) is 0 Å². The number of phosphoric ester groups is 1. The van der Waals surface area contributed by atoms with Crippen LogP contribution in [-0.4, -0.2) is 97.7 Å². The summed E-state index contributed by atoms with van der Waals surface area (Å²) in [6.07, 6.45) is 6.05. The number of Topliss-reactive ketones (excluding diaryl/α,β-unsaturated/α-hetero) is 2. The largest absolute Gasteiger partial charge is 0.853 e. The molecule has 0 fully saturated rings. The number of nitrogens with two attached hydrogens (primary N) is 1. The zero-order valence-electron chi connectivity index (χ0n) is 32.7. The van der Waals surface area contributed by atoms with Gasteiger partial charge in [0.25, 0.3) is 0 Å². The molecule has 7 N–H and O–H groups in total. The molecule has 0 aliphatic rings. The molecular weight excluding hydrogens is 747 g/mol. The Labute approximate surface area is 328 Å². The van der Waals surface area contributed by atoms with E-state index < -0.39 is 86.6 Å². The first-order valence-corrected chi connectivity index (χ1v) is 20.5. The molecule has 1 aromatic carbocycles. The van der Waals surface area contributed by atoms with Crippen molar-refractivity contribution >= 4 is 43.0 Å². The molecule has 0 radical (unpaired) electrons. The molecule has 0 bridgehead atoms. The summed E-state index contributed by atoms with van der Waals surface area (Å²) in [6.45, 7) is 5.21. The number of amides is 4. The Morgan fingerprint density at radius 3 is 2.16 bits per heavy atom. The second kappa shape index (κ2) is 24.4. The number of hydrogen-bond donors (Lipinski definition) is 6. The van der Waals surface area contributed by atoms with Crippen LogP contribution in [0.5, 0.6) is 0 Å². The van der Waals surface area contributed by atoms with E-state index in [-0.39, 0.29) is 31.2 Å². The standard InChI is InChI=1S/C38H58N6O11P/c1-25(2)17-32(42-36(49)22-44(27(4)46)16-12-7-5-6-9-13-28-14-10-8-11-15-28)34(47)19-29(18-30-21-40-24-41-30)38(51)43-33(23-45)35(48)20-31(37(39)50)26(3)55-56(52,53)54/h8,10-11,14-15,21,24-26,29,31-33H,5-7,9,12-13,16-20,22-23H2,1-4H3,(H2,39,50)(H,40,41)(H,42,49)(H,43,51)(H2,52,53,54)/q-1/t26-,29-,31+,32+,33+/m1/s1. The summed E-state index contributed by atoms with van der Waals surface area (Å²) < 4.78 is 15.8. The molecule has 1 aromatic heterocycles. The zero-order chi connectivity index (χ0) is 41.8. The summed E-state index contributed by atoms with van der Waals surface area (Å²) in [5, 5.41) is 17.2. The predicted octanol–water partition coefficient (Wildman–Crippen LogP) is 1.50. The first-order chi connectivity index (χ1) is 26.4. The summed E-state index contributed by atoms with van der Waals surface area (Å²) in [4.78, 5) is 105. The number of aromatic nitrogens is 2. The van der Waals surface area contributed by atoms with Crippen molar-refractivity contribution in [1.82, 2.24) is 25.5 Å². The fraction of sp³-hybridized carbons (Fsp3) is 0.605. The molecule has 18 heteroatoms. The second-order valence-corrected chi connectivity index (χ2v) is 15.7. The van der Waals surface area contributed by atoms with Gasteiger partial charge in [0.2, 0.25) is 23.6 Å². The summed E-state index contributed by atoms with van der Waals surface area (Å²) >= 11 is 0. The van der Waals surface area contributed by atoms with Gasteiger partial charge >= 0.3 is 7.82 Å². The molecule has 56 heavy (non-hydrogen) atoms. The van der Waals surface area contributed by atoms with E-state index >= 15 is 0 Å². The number of phosphoric acid groups is 1. The van der Waals surface area contributed by atoms with Gasteiger partial charge in [0.1, 0.15) is 0 Å². The first-order valence-electron chi connectivity index (χ1n) is 18.9. The number of imidazole rings is 1. The molecule has 0 saturated heterocycles. The van der Waals surface area contributed by atoms with Gasteiger partial charge in [0.15, 0.2) is 11.6 Å². The van der Waals surface area contributed by atoms with Crippen molar-refractivity contribution in [2.45, 2.75) is 110 Å². The number of H-pyrrole nitrogens is 1. The lowest BCUT2D eigenvalue weighted by molar-refractivity contribution is -0.370. The summed E-state index contributed by atoms with van der Waals surface area (Å²) in [5.74, 6) is -6.91. The Morgan fingerprint density at radius 1 is 0.946 bits per heavy atom. The van der Waals surface area contributed by atoms with Gasteiger partial charge in [-0.3, -0.25) is 33.3 Å². The molecular formula is C38H58N6O11P-. The van der Waals surface area contributed by atoms with Crippen LogP contribution in [0.3, 0.4) is 0 Å². The van der Waals surface area contributed by atoms with E-state index in [1.165, 1.54) is 29.9 Å². The van der Waals surface area contributed by atoms with Crippen LogP contribution in [0.25, 0.3) is 0 Å². The van der Waals surface area contributed by atoms with Crippen molar-refractivity contribution in [3.63, 3.8) is 0 Å². The number of hydrogen-bond acceptors (Lipinski definition) is 10. The van der Waals surface area contributed by atoms with E-state index in [0.717, 1.165) is 39.0 Å². The monoisotopic (exact) mass is 805 g/mol. The third-order valence-electron chi connectivity index (χ3n) is 9.32. The number of rotatable bonds is 28. The molecule has 1 heterocycles. The number of carbonyl (C=O) groups excluding carboxylic acids is 6. The maximum Gasteiger partial charge on any atom is 0.469 e. The highest BCUT2D eigenvalue weighted by molar-refractivity contribution is 7.46. The number of carbonyl (C=O) groups is 6. The van der Waals surface area contributed by atoms with E-state index in [1.54, 1.807) is 0 Å². The van der Waals surface area contributed by atoms with Crippen LogP contribution in [0, 0.1) is 17.8 Å². The first kappa shape index (κ1) is 47.9. The normalized spacial score (nSPS) is 14.3. The number of aromatic amines is 1. The third-order valence-corrected chi connectivity index (χ3v) is 9.92. The van der Waals surface area contributed by atoms with Gasteiger partial charge < -0.3 is 41.1 Å². The summed E-state index contributed by atoms with van der Waals surface area (Å²) in [7, 11) is -5.06.